The number of nitrogens with two attached hydrogens (primary N) is 1. The summed E-state index contributed by atoms with van der Waals surface area (Å²) in [7, 11) is 0. The van der Waals surface area contributed by atoms with Gasteiger partial charge in [-0.05, 0) is 12.8 Å². The van der Waals surface area contributed by atoms with Crippen LogP contribution in [0.1, 0.15) is 26.7 Å². The van der Waals surface area contributed by atoms with Gasteiger partial charge in [-0.15, -0.1) is 0 Å². The predicted octanol–water partition coefficient (Wildman–Crippen LogP) is -0.128. The van der Waals surface area contributed by atoms with Gasteiger partial charge in [-0.3, -0.25) is 0 Å². The second-order valence-corrected chi connectivity index (χ2v) is 2.94. The normalized spacial score (nSPS) is 17.0. The van der Waals surface area contributed by atoms with E-state index < -0.39 is 0 Å². The van der Waals surface area contributed by atoms with Crippen molar-refractivity contribution in [3.05, 3.63) is 0 Å². The molecular formula is C8H19N3O2. The average Bonchev–Trinajstić information content (AvgIpc) is 2.19. The Bertz CT molecular complexity index is 157. The third-order valence-electron chi connectivity index (χ3n) is 2.03. The number of nitrogens with one attached hydrogen (secondary N) is 1. The Balaban J connectivity index is 4.10. The number of oxime groups is 1. The van der Waals surface area contributed by atoms with Crippen molar-refractivity contribution in [3.63, 3.8) is 0 Å². The molecule has 2 unspecified atom stereocenters. The zero-order valence-electron chi connectivity index (χ0n) is 8.20. The number of hydrogen-bond acceptors (Lipinski definition) is 4. The molecule has 0 saturated carbocycles. The van der Waals surface area contributed by atoms with Crippen LogP contribution in [0, 0.1) is 0 Å². The molecule has 5 N–H and O–H groups in total. The first kappa shape index (κ1) is 12.2. The Hall–Kier alpha value is -0.810. The maximum absolute atomic E-state index is 8.92. The lowest BCUT2D eigenvalue weighted by Crippen LogP contribution is -2.47. The van der Waals surface area contributed by atoms with E-state index in [1.807, 2.05) is 13.8 Å². The largest absolute Gasteiger partial charge is 0.409 e. The van der Waals surface area contributed by atoms with E-state index in [4.69, 9.17) is 16.0 Å². The van der Waals surface area contributed by atoms with E-state index in [0.717, 1.165) is 12.8 Å². The van der Waals surface area contributed by atoms with E-state index in [2.05, 4.69) is 10.5 Å². The van der Waals surface area contributed by atoms with Crippen LogP contribution in [0.2, 0.25) is 0 Å². The molecule has 0 amide bonds. The Kier molecular flexibility index (Phi) is 6.26. The maximum Gasteiger partial charge on any atom is 0.156 e. The lowest BCUT2D eigenvalue weighted by atomic mass is 10.1. The van der Waals surface area contributed by atoms with E-state index in [0.29, 0.717) is 0 Å². The standard InChI is InChI=1S/C8H19N3O2/c1-3-6(5-12)10-7(4-2)8(9)11-13/h6-7,10,12-13H,3-5H2,1-2H3,(H2,9,11). The summed E-state index contributed by atoms with van der Waals surface area (Å²) < 4.78 is 0. The van der Waals surface area contributed by atoms with Gasteiger partial charge < -0.3 is 21.4 Å². The first-order valence-electron chi connectivity index (χ1n) is 4.53. The fourth-order valence-corrected chi connectivity index (χ4v) is 1.07. The zero-order valence-corrected chi connectivity index (χ0v) is 8.20. The van der Waals surface area contributed by atoms with E-state index in [1.54, 1.807) is 0 Å². The number of aliphatic hydroxyl groups is 1. The predicted molar refractivity (Wildman–Crippen MR) is 51.8 cm³/mol. The van der Waals surface area contributed by atoms with Gasteiger partial charge in [-0.25, -0.2) is 0 Å². The van der Waals surface area contributed by atoms with Gasteiger partial charge >= 0.3 is 0 Å². The van der Waals surface area contributed by atoms with E-state index >= 15 is 0 Å². The summed E-state index contributed by atoms with van der Waals surface area (Å²) in [6.45, 7) is 3.96. The summed E-state index contributed by atoms with van der Waals surface area (Å²) in [4.78, 5) is 0. The first-order valence-corrected chi connectivity index (χ1v) is 4.53. The summed E-state index contributed by atoms with van der Waals surface area (Å²) in [6.07, 6.45) is 1.54. The Morgan fingerprint density at radius 1 is 1.46 bits per heavy atom. The Morgan fingerprint density at radius 2 is 2.08 bits per heavy atom. The van der Waals surface area contributed by atoms with Crippen LogP contribution in [-0.4, -0.2) is 34.8 Å². The van der Waals surface area contributed by atoms with E-state index in [1.165, 1.54) is 0 Å². The molecule has 2 atom stereocenters. The molecule has 0 rings (SSSR count). The minimum absolute atomic E-state index is 0.00486. The number of amidine groups is 1. The summed E-state index contributed by atoms with van der Waals surface area (Å²) in [5, 5.41) is 23.4. The molecule has 13 heavy (non-hydrogen) atoms. The van der Waals surface area contributed by atoms with Gasteiger partial charge in [0.15, 0.2) is 5.84 Å². The monoisotopic (exact) mass is 189 g/mol. The molecule has 0 spiro atoms. The second-order valence-electron chi connectivity index (χ2n) is 2.94. The Labute approximate surface area is 78.6 Å². The number of nitrogens with zero attached hydrogens (tertiary/aromatic N) is 1. The van der Waals surface area contributed by atoms with Crippen LogP contribution in [-0.2, 0) is 0 Å². The van der Waals surface area contributed by atoms with Gasteiger partial charge in [-0.2, -0.15) is 0 Å². The molecule has 0 saturated heterocycles. The smallest absolute Gasteiger partial charge is 0.156 e. The molecule has 0 aromatic carbocycles. The minimum Gasteiger partial charge on any atom is -0.409 e. The molecule has 0 aliphatic heterocycles. The molecule has 5 nitrogen and oxygen atoms in total. The quantitative estimate of drug-likeness (QED) is 0.203. The summed E-state index contributed by atoms with van der Waals surface area (Å²) >= 11 is 0. The van der Waals surface area contributed by atoms with Gasteiger partial charge in [0.05, 0.1) is 12.6 Å². The highest BCUT2D eigenvalue weighted by atomic mass is 16.4. The zero-order chi connectivity index (χ0) is 10.3. The molecule has 5 heteroatoms. The van der Waals surface area contributed by atoms with Crippen molar-refractivity contribution in [1.29, 1.82) is 0 Å². The Morgan fingerprint density at radius 3 is 2.38 bits per heavy atom. The van der Waals surface area contributed by atoms with Crippen molar-refractivity contribution in [2.75, 3.05) is 6.61 Å². The van der Waals surface area contributed by atoms with Crippen molar-refractivity contribution < 1.29 is 10.3 Å². The van der Waals surface area contributed by atoms with Crippen molar-refractivity contribution in [2.24, 2.45) is 10.9 Å². The molecule has 0 aromatic heterocycles. The summed E-state index contributed by atoms with van der Waals surface area (Å²) in [5.41, 5.74) is 5.44. The van der Waals surface area contributed by atoms with Gasteiger partial charge in [0, 0.05) is 6.04 Å². The van der Waals surface area contributed by atoms with Crippen LogP contribution >= 0.6 is 0 Å². The van der Waals surface area contributed by atoms with Crippen LogP contribution in [0.5, 0.6) is 0 Å². The molecule has 78 valence electrons. The van der Waals surface area contributed by atoms with Crippen molar-refractivity contribution in [1.82, 2.24) is 5.32 Å². The molecule has 0 radical (unpaired) electrons. The lowest BCUT2D eigenvalue weighted by Gasteiger charge is -2.21. The second kappa shape index (κ2) is 6.68. The minimum atomic E-state index is -0.165. The topological polar surface area (TPSA) is 90.9 Å². The highest BCUT2D eigenvalue weighted by molar-refractivity contribution is 5.85. The van der Waals surface area contributed by atoms with E-state index in [9.17, 15) is 0 Å². The van der Waals surface area contributed by atoms with Crippen molar-refractivity contribution in [2.45, 2.75) is 38.8 Å². The third-order valence-corrected chi connectivity index (χ3v) is 2.03. The van der Waals surface area contributed by atoms with Crippen molar-refractivity contribution in [3.8, 4) is 0 Å². The van der Waals surface area contributed by atoms with Gasteiger partial charge in [0.25, 0.3) is 0 Å². The van der Waals surface area contributed by atoms with Crippen molar-refractivity contribution >= 4 is 5.84 Å². The highest BCUT2D eigenvalue weighted by Gasteiger charge is 2.15. The fraction of sp³-hybridized carbons (Fsp3) is 0.875. The van der Waals surface area contributed by atoms with Gasteiger partial charge in [-0.1, -0.05) is 19.0 Å². The maximum atomic E-state index is 8.92. The molecule has 0 fully saturated rings. The van der Waals surface area contributed by atoms with E-state index in [-0.39, 0.29) is 24.5 Å². The third kappa shape index (κ3) is 4.10. The molecular weight excluding hydrogens is 170 g/mol. The number of rotatable bonds is 6. The summed E-state index contributed by atoms with van der Waals surface area (Å²) in [5.74, 6) is 0.161. The average molecular weight is 189 g/mol. The van der Waals surface area contributed by atoms with Crippen LogP contribution in [0.3, 0.4) is 0 Å². The van der Waals surface area contributed by atoms with Crippen LogP contribution < -0.4 is 11.1 Å². The molecule has 0 aliphatic carbocycles. The number of hydrogen-bond donors (Lipinski definition) is 4. The van der Waals surface area contributed by atoms with Gasteiger partial charge in [0.2, 0.25) is 0 Å². The molecule has 0 bridgehead atoms. The van der Waals surface area contributed by atoms with Crippen LogP contribution in [0.25, 0.3) is 0 Å². The highest BCUT2D eigenvalue weighted by Crippen LogP contribution is 1.97. The first-order chi connectivity index (χ1) is 6.19. The molecule has 0 aromatic rings. The SMILES string of the molecule is CCC(CO)NC(CC)C(N)=NO. The fourth-order valence-electron chi connectivity index (χ4n) is 1.07. The van der Waals surface area contributed by atoms with Crippen LogP contribution in [0.15, 0.2) is 5.16 Å². The van der Waals surface area contributed by atoms with Crippen LogP contribution in [0.4, 0.5) is 0 Å². The summed E-state index contributed by atoms with van der Waals surface area (Å²) in [6, 6.07) is -0.160. The molecule has 0 heterocycles. The number of aliphatic hydroxyl groups excluding tert-OH is 1. The van der Waals surface area contributed by atoms with Gasteiger partial charge in [0.1, 0.15) is 0 Å². The molecule has 0 aliphatic rings. The lowest BCUT2D eigenvalue weighted by molar-refractivity contribution is 0.233.